The Labute approximate surface area is 111 Å². The maximum atomic E-state index is 13.1. The van der Waals surface area contributed by atoms with Crippen molar-refractivity contribution < 1.29 is 19.0 Å². The average molecular weight is 268 g/mol. The van der Waals surface area contributed by atoms with Crippen LogP contribution in [0.3, 0.4) is 0 Å². The number of carbonyl (C=O) groups is 1. The van der Waals surface area contributed by atoms with Crippen molar-refractivity contribution in [2.75, 3.05) is 31.7 Å². The van der Waals surface area contributed by atoms with E-state index in [2.05, 4.69) is 4.98 Å². The standard InChI is InChI=1S/C13H17FN2O3/c1-16(8-9-2-4-19-5-3-9)12-11(13(17)18)6-10(14)7-15-12/h6-7,9H,2-5,8H2,1H3,(H,17,18). The molecule has 6 heteroatoms. The average Bonchev–Trinajstić information content (AvgIpc) is 2.39. The number of halogens is 1. The van der Waals surface area contributed by atoms with Gasteiger partial charge in [-0.2, -0.15) is 0 Å². The van der Waals surface area contributed by atoms with E-state index < -0.39 is 11.8 Å². The largest absolute Gasteiger partial charge is 0.478 e. The lowest BCUT2D eigenvalue weighted by molar-refractivity contribution is 0.0677. The first-order valence-corrected chi connectivity index (χ1v) is 6.25. The van der Waals surface area contributed by atoms with Gasteiger partial charge in [0.2, 0.25) is 0 Å². The van der Waals surface area contributed by atoms with Crippen LogP contribution in [0.5, 0.6) is 0 Å². The van der Waals surface area contributed by atoms with Crippen molar-refractivity contribution in [3.8, 4) is 0 Å². The predicted molar refractivity (Wildman–Crippen MR) is 68.0 cm³/mol. The van der Waals surface area contributed by atoms with E-state index in [1.807, 2.05) is 0 Å². The summed E-state index contributed by atoms with van der Waals surface area (Å²) < 4.78 is 18.4. The Kier molecular flexibility index (Phi) is 4.31. The van der Waals surface area contributed by atoms with Crippen LogP contribution in [0, 0.1) is 11.7 Å². The van der Waals surface area contributed by atoms with Crippen molar-refractivity contribution in [1.29, 1.82) is 0 Å². The first-order chi connectivity index (χ1) is 9.08. The summed E-state index contributed by atoms with van der Waals surface area (Å²) in [5, 5.41) is 9.09. The fraction of sp³-hybridized carbons (Fsp3) is 0.538. The molecule has 0 spiro atoms. The lowest BCUT2D eigenvalue weighted by Gasteiger charge is -2.28. The normalized spacial score (nSPS) is 16.3. The number of hydrogen-bond acceptors (Lipinski definition) is 4. The van der Waals surface area contributed by atoms with Gasteiger partial charge >= 0.3 is 5.97 Å². The van der Waals surface area contributed by atoms with Crippen LogP contribution in [0.1, 0.15) is 23.2 Å². The number of rotatable bonds is 4. The highest BCUT2D eigenvalue weighted by Crippen LogP contribution is 2.22. The van der Waals surface area contributed by atoms with Crippen LogP contribution >= 0.6 is 0 Å². The molecule has 0 atom stereocenters. The first kappa shape index (κ1) is 13.7. The second-order valence-corrected chi connectivity index (χ2v) is 4.77. The minimum Gasteiger partial charge on any atom is -0.478 e. The van der Waals surface area contributed by atoms with Gasteiger partial charge in [-0.3, -0.25) is 0 Å². The van der Waals surface area contributed by atoms with E-state index in [-0.39, 0.29) is 5.56 Å². The summed E-state index contributed by atoms with van der Waals surface area (Å²) in [7, 11) is 1.78. The minimum atomic E-state index is -1.17. The molecule has 0 saturated carbocycles. The molecule has 2 rings (SSSR count). The van der Waals surface area contributed by atoms with Crippen LogP contribution in [-0.2, 0) is 4.74 Å². The van der Waals surface area contributed by atoms with E-state index in [4.69, 9.17) is 9.84 Å². The molecule has 1 aliphatic rings. The molecule has 5 nitrogen and oxygen atoms in total. The molecule has 2 heterocycles. The Morgan fingerprint density at radius 3 is 2.89 bits per heavy atom. The molecule has 1 aliphatic heterocycles. The predicted octanol–water partition coefficient (Wildman–Crippen LogP) is 1.78. The van der Waals surface area contributed by atoms with Crippen molar-refractivity contribution in [3.63, 3.8) is 0 Å². The molecule has 0 amide bonds. The fourth-order valence-corrected chi connectivity index (χ4v) is 2.30. The molecular weight excluding hydrogens is 251 g/mol. The van der Waals surface area contributed by atoms with Gasteiger partial charge in [0.25, 0.3) is 0 Å². The monoisotopic (exact) mass is 268 g/mol. The Balaban J connectivity index is 2.13. The third-order valence-corrected chi connectivity index (χ3v) is 3.30. The highest BCUT2D eigenvalue weighted by molar-refractivity contribution is 5.93. The number of carboxylic acid groups (broad SMARTS) is 1. The van der Waals surface area contributed by atoms with Crippen LogP contribution in [-0.4, -0.2) is 42.9 Å². The molecule has 0 aromatic carbocycles. The summed E-state index contributed by atoms with van der Waals surface area (Å²) in [4.78, 5) is 16.8. The first-order valence-electron chi connectivity index (χ1n) is 6.25. The summed E-state index contributed by atoms with van der Waals surface area (Å²) in [6.07, 6.45) is 2.95. The third-order valence-electron chi connectivity index (χ3n) is 3.30. The lowest BCUT2D eigenvalue weighted by Crippen LogP contribution is -2.31. The third kappa shape index (κ3) is 3.41. The quantitative estimate of drug-likeness (QED) is 0.902. The smallest absolute Gasteiger partial charge is 0.339 e. The molecular formula is C13H17FN2O3. The Bertz CT molecular complexity index is 461. The molecule has 1 N–H and O–H groups in total. The van der Waals surface area contributed by atoms with Crippen LogP contribution in [0.15, 0.2) is 12.3 Å². The molecule has 0 bridgehead atoms. The lowest BCUT2D eigenvalue weighted by atomic mass is 10.00. The van der Waals surface area contributed by atoms with Gasteiger partial charge in [0.15, 0.2) is 0 Å². The van der Waals surface area contributed by atoms with Gasteiger partial charge in [0.1, 0.15) is 17.2 Å². The minimum absolute atomic E-state index is 0.102. The van der Waals surface area contributed by atoms with Gasteiger partial charge < -0.3 is 14.7 Å². The van der Waals surface area contributed by atoms with Gasteiger partial charge in [0, 0.05) is 26.8 Å². The van der Waals surface area contributed by atoms with E-state index in [1.54, 1.807) is 11.9 Å². The van der Waals surface area contributed by atoms with Crippen molar-refractivity contribution in [1.82, 2.24) is 4.98 Å². The summed E-state index contributed by atoms with van der Waals surface area (Å²) in [6.45, 7) is 2.17. The molecule has 0 radical (unpaired) electrons. The summed E-state index contributed by atoms with van der Waals surface area (Å²) >= 11 is 0. The molecule has 1 saturated heterocycles. The van der Waals surface area contributed by atoms with Crippen molar-refractivity contribution in [3.05, 3.63) is 23.6 Å². The molecule has 0 unspecified atom stereocenters. The molecule has 0 aliphatic carbocycles. The number of aromatic nitrogens is 1. The topological polar surface area (TPSA) is 62.7 Å². The second kappa shape index (κ2) is 5.97. The van der Waals surface area contributed by atoms with Gasteiger partial charge in [0.05, 0.1) is 6.20 Å². The number of anilines is 1. The number of carboxylic acids is 1. The molecule has 19 heavy (non-hydrogen) atoms. The van der Waals surface area contributed by atoms with E-state index in [9.17, 15) is 9.18 Å². The highest BCUT2D eigenvalue weighted by Gasteiger charge is 2.20. The van der Waals surface area contributed by atoms with E-state index >= 15 is 0 Å². The molecule has 1 aromatic rings. The van der Waals surface area contributed by atoms with Crippen LogP contribution in [0.25, 0.3) is 0 Å². The number of nitrogens with zero attached hydrogens (tertiary/aromatic N) is 2. The molecule has 1 fully saturated rings. The second-order valence-electron chi connectivity index (χ2n) is 4.77. The van der Waals surface area contributed by atoms with Gasteiger partial charge in [-0.15, -0.1) is 0 Å². The maximum absolute atomic E-state index is 13.1. The van der Waals surface area contributed by atoms with Crippen molar-refractivity contribution in [2.45, 2.75) is 12.8 Å². The Morgan fingerprint density at radius 1 is 1.58 bits per heavy atom. The highest BCUT2D eigenvalue weighted by atomic mass is 19.1. The van der Waals surface area contributed by atoms with Gasteiger partial charge in [-0.05, 0) is 24.8 Å². The zero-order chi connectivity index (χ0) is 13.8. The summed E-state index contributed by atoms with van der Waals surface area (Å²) in [6, 6.07) is 1.01. The number of hydrogen-bond donors (Lipinski definition) is 1. The number of ether oxygens (including phenoxy) is 1. The van der Waals surface area contributed by atoms with Crippen LogP contribution < -0.4 is 4.90 Å². The van der Waals surface area contributed by atoms with E-state index in [0.717, 1.165) is 38.3 Å². The van der Waals surface area contributed by atoms with Gasteiger partial charge in [-0.25, -0.2) is 14.2 Å². The van der Waals surface area contributed by atoms with Gasteiger partial charge in [-0.1, -0.05) is 0 Å². The Hall–Kier alpha value is -1.69. The van der Waals surface area contributed by atoms with E-state index in [1.165, 1.54) is 0 Å². The molecule has 104 valence electrons. The number of aromatic carboxylic acids is 1. The maximum Gasteiger partial charge on any atom is 0.339 e. The van der Waals surface area contributed by atoms with E-state index in [0.29, 0.717) is 18.3 Å². The van der Waals surface area contributed by atoms with Crippen LogP contribution in [0.4, 0.5) is 10.2 Å². The fourth-order valence-electron chi connectivity index (χ4n) is 2.30. The summed E-state index contributed by atoms with van der Waals surface area (Å²) in [5.41, 5.74) is -0.102. The zero-order valence-corrected chi connectivity index (χ0v) is 10.8. The van der Waals surface area contributed by atoms with Crippen molar-refractivity contribution >= 4 is 11.8 Å². The van der Waals surface area contributed by atoms with Crippen LogP contribution in [0.2, 0.25) is 0 Å². The SMILES string of the molecule is CN(CC1CCOCC1)c1ncc(F)cc1C(=O)O. The summed E-state index contributed by atoms with van der Waals surface area (Å²) in [5.74, 6) is -1.05. The van der Waals surface area contributed by atoms with Crippen molar-refractivity contribution in [2.24, 2.45) is 5.92 Å². The molecule has 1 aromatic heterocycles. The zero-order valence-electron chi connectivity index (χ0n) is 10.8. The number of pyridine rings is 1. The Morgan fingerprint density at radius 2 is 2.26 bits per heavy atom.